The first-order chi connectivity index (χ1) is 9.74. The van der Waals surface area contributed by atoms with E-state index in [1.54, 1.807) is 13.2 Å². The van der Waals surface area contributed by atoms with Gasteiger partial charge in [-0.15, -0.1) is 0 Å². The van der Waals surface area contributed by atoms with E-state index < -0.39 is 0 Å². The second kappa shape index (κ2) is 7.13. The second-order valence-electron chi connectivity index (χ2n) is 5.04. The number of hydrogen-bond acceptors (Lipinski definition) is 3. The van der Waals surface area contributed by atoms with Gasteiger partial charge in [0.2, 0.25) is 0 Å². The van der Waals surface area contributed by atoms with E-state index in [0.717, 1.165) is 25.0 Å². The number of hydrogen-bond donors (Lipinski definition) is 0. The van der Waals surface area contributed by atoms with Crippen LogP contribution in [0.25, 0.3) is 0 Å². The van der Waals surface area contributed by atoms with Gasteiger partial charge in [-0.25, -0.2) is 4.79 Å². The van der Waals surface area contributed by atoms with Crippen LogP contribution in [0.5, 0.6) is 5.75 Å². The molecule has 1 aromatic carbocycles. The topological polar surface area (TPSA) is 35.5 Å². The maximum absolute atomic E-state index is 11.7. The van der Waals surface area contributed by atoms with E-state index in [0.29, 0.717) is 12.5 Å². The number of ether oxygens (including phenoxy) is 2. The van der Waals surface area contributed by atoms with Crippen LogP contribution in [0.15, 0.2) is 35.9 Å². The lowest BCUT2D eigenvalue weighted by atomic mass is 9.79. The molecule has 0 radical (unpaired) electrons. The molecule has 0 amide bonds. The predicted molar refractivity (Wildman–Crippen MR) is 78.9 cm³/mol. The third-order valence-corrected chi connectivity index (χ3v) is 3.76. The highest BCUT2D eigenvalue weighted by Crippen LogP contribution is 2.37. The molecule has 0 heterocycles. The summed E-state index contributed by atoms with van der Waals surface area (Å²) in [5, 5.41) is 0. The summed E-state index contributed by atoms with van der Waals surface area (Å²) < 4.78 is 10.2. The summed E-state index contributed by atoms with van der Waals surface area (Å²) in [7, 11) is 1.67. The van der Waals surface area contributed by atoms with Gasteiger partial charge in [0.25, 0.3) is 0 Å². The van der Waals surface area contributed by atoms with Crippen molar-refractivity contribution in [2.75, 3.05) is 13.7 Å². The number of methoxy groups -OCH3 is 1. The maximum Gasteiger partial charge on any atom is 0.330 e. The van der Waals surface area contributed by atoms with Crippen LogP contribution in [-0.4, -0.2) is 19.7 Å². The van der Waals surface area contributed by atoms with Gasteiger partial charge in [-0.05, 0) is 43.9 Å². The summed E-state index contributed by atoms with van der Waals surface area (Å²) in [6.45, 7) is 2.26. The van der Waals surface area contributed by atoms with E-state index in [1.165, 1.54) is 17.6 Å². The maximum atomic E-state index is 11.7. The van der Waals surface area contributed by atoms with Gasteiger partial charge < -0.3 is 9.47 Å². The van der Waals surface area contributed by atoms with Crippen molar-refractivity contribution in [3.63, 3.8) is 0 Å². The Morgan fingerprint density at radius 2 is 2.05 bits per heavy atom. The Bertz CT molecular complexity index is 474. The van der Waals surface area contributed by atoms with Crippen molar-refractivity contribution in [1.29, 1.82) is 0 Å². The number of benzene rings is 1. The molecule has 1 aromatic rings. The molecular weight excluding hydrogens is 252 g/mol. The molecule has 1 atom stereocenters. The van der Waals surface area contributed by atoms with Gasteiger partial charge in [0.15, 0.2) is 0 Å². The number of carbonyl (C=O) groups is 1. The average Bonchev–Trinajstić information content (AvgIpc) is 2.48. The predicted octanol–water partition coefficient (Wildman–Crippen LogP) is 3.84. The van der Waals surface area contributed by atoms with Crippen LogP contribution in [0.3, 0.4) is 0 Å². The largest absolute Gasteiger partial charge is 0.497 e. The van der Waals surface area contributed by atoms with Gasteiger partial charge in [-0.3, -0.25) is 0 Å². The molecule has 1 aliphatic rings. The molecular formula is C17H22O3. The first-order valence-electron chi connectivity index (χ1n) is 7.25. The van der Waals surface area contributed by atoms with E-state index in [9.17, 15) is 4.79 Å². The molecule has 0 saturated heterocycles. The number of carbonyl (C=O) groups excluding carboxylic acids is 1. The standard InChI is InChI=1S/C17H22O3/c1-3-20-17(18)12-14-6-4-5-7-16(14)13-8-10-15(19-2)11-9-13/h8-12,16H,3-7H2,1-2H3. The molecule has 0 aromatic heterocycles. The number of esters is 1. The van der Waals surface area contributed by atoms with Crippen molar-refractivity contribution in [1.82, 2.24) is 0 Å². The molecule has 0 bridgehead atoms. The molecule has 1 unspecified atom stereocenters. The molecule has 1 aliphatic carbocycles. The molecule has 108 valence electrons. The fourth-order valence-electron chi connectivity index (χ4n) is 2.76. The first kappa shape index (κ1) is 14.6. The van der Waals surface area contributed by atoms with E-state index in [2.05, 4.69) is 12.1 Å². The molecule has 1 saturated carbocycles. The summed E-state index contributed by atoms with van der Waals surface area (Å²) in [6.07, 6.45) is 6.12. The zero-order valence-electron chi connectivity index (χ0n) is 12.2. The molecule has 3 heteroatoms. The van der Waals surface area contributed by atoms with Gasteiger partial charge in [0.05, 0.1) is 13.7 Å². The Kier molecular flexibility index (Phi) is 5.22. The minimum atomic E-state index is -0.220. The van der Waals surface area contributed by atoms with Crippen LogP contribution in [0.1, 0.15) is 44.1 Å². The smallest absolute Gasteiger partial charge is 0.330 e. The zero-order chi connectivity index (χ0) is 14.4. The fraction of sp³-hybridized carbons (Fsp3) is 0.471. The average molecular weight is 274 g/mol. The van der Waals surface area contributed by atoms with E-state index >= 15 is 0 Å². The van der Waals surface area contributed by atoms with Crippen molar-refractivity contribution in [2.24, 2.45) is 0 Å². The van der Waals surface area contributed by atoms with Crippen LogP contribution in [0.4, 0.5) is 0 Å². The van der Waals surface area contributed by atoms with Gasteiger partial charge in [0, 0.05) is 12.0 Å². The number of rotatable bonds is 4. The third kappa shape index (κ3) is 3.62. The third-order valence-electron chi connectivity index (χ3n) is 3.76. The highest BCUT2D eigenvalue weighted by atomic mass is 16.5. The van der Waals surface area contributed by atoms with Crippen LogP contribution < -0.4 is 4.74 Å². The molecule has 3 nitrogen and oxygen atoms in total. The summed E-state index contributed by atoms with van der Waals surface area (Å²) in [4.78, 5) is 11.7. The minimum Gasteiger partial charge on any atom is -0.497 e. The zero-order valence-corrected chi connectivity index (χ0v) is 12.2. The normalized spacial score (nSPS) is 20.7. The van der Waals surface area contributed by atoms with Crippen molar-refractivity contribution in [2.45, 2.75) is 38.5 Å². The van der Waals surface area contributed by atoms with Crippen molar-refractivity contribution >= 4 is 5.97 Å². The molecule has 0 spiro atoms. The van der Waals surface area contributed by atoms with Gasteiger partial charge in [0.1, 0.15) is 5.75 Å². The Morgan fingerprint density at radius 1 is 1.30 bits per heavy atom. The van der Waals surface area contributed by atoms with Crippen molar-refractivity contribution < 1.29 is 14.3 Å². The van der Waals surface area contributed by atoms with Gasteiger partial charge in [-0.1, -0.05) is 24.1 Å². The van der Waals surface area contributed by atoms with Gasteiger partial charge >= 0.3 is 5.97 Å². The van der Waals surface area contributed by atoms with E-state index in [1.807, 2.05) is 19.1 Å². The lowest BCUT2D eigenvalue weighted by Gasteiger charge is -2.25. The van der Waals surface area contributed by atoms with Crippen LogP contribution in [-0.2, 0) is 9.53 Å². The Morgan fingerprint density at radius 3 is 2.70 bits per heavy atom. The molecule has 20 heavy (non-hydrogen) atoms. The summed E-state index contributed by atoms with van der Waals surface area (Å²) in [6, 6.07) is 8.14. The Balaban J connectivity index is 2.19. The summed E-state index contributed by atoms with van der Waals surface area (Å²) in [5.74, 6) is 0.974. The van der Waals surface area contributed by atoms with Crippen LogP contribution >= 0.6 is 0 Å². The van der Waals surface area contributed by atoms with Crippen molar-refractivity contribution in [3.05, 3.63) is 41.5 Å². The minimum absolute atomic E-state index is 0.220. The summed E-state index contributed by atoms with van der Waals surface area (Å²) >= 11 is 0. The highest BCUT2D eigenvalue weighted by molar-refractivity contribution is 5.83. The Hall–Kier alpha value is -1.77. The van der Waals surface area contributed by atoms with Crippen LogP contribution in [0.2, 0.25) is 0 Å². The van der Waals surface area contributed by atoms with Crippen LogP contribution in [0, 0.1) is 0 Å². The molecule has 2 rings (SSSR count). The SMILES string of the molecule is CCOC(=O)C=C1CCCCC1c1ccc(OC)cc1. The first-order valence-corrected chi connectivity index (χ1v) is 7.25. The molecule has 0 aliphatic heterocycles. The lowest BCUT2D eigenvalue weighted by molar-refractivity contribution is -0.137. The molecule has 0 N–H and O–H groups in total. The van der Waals surface area contributed by atoms with Crippen molar-refractivity contribution in [3.8, 4) is 5.75 Å². The highest BCUT2D eigenvalue weighted by Gasteiger charge is 2.21. The van der Waals surface area contributed by atoms with E-state index in [4.69, 9.17) is 9.47 Å². The fourth-order valence-corrected chi connectivity index (χ4v) is 2.76. The second-order valence-corrected chi connectivity index (χ2v) is 5.04. The number of allylic oxidation sites excluding steroid dienone is 1. The Labute approximate surface area is 120 Å². The van der Waals surface area contributed by atoms with E-state index in [-0.39, 0.29) is 5.97 Å². The van der Waals surface area contributed by atoms with Gasteiger partial charge in [-0.2, -0.15) is 0 Å². The lowest BCUT2D eigenvalue weighted by Crippen LogP contribution is -2.11. The summed E-state index contributed by atoms with van der Waals surface area (Å²) in [5.41, 5.74) is 2.45. The molecule has 1 fully saturated rings. The monoisotopic (exact) mass is 274 g/mol. The quantitative estimate of drug-likeness (QED) is 0.618.